The van der Waals surface area contributed by atoms with E-state index in [1.807, 2.05) is 30.7 Å². The van der Waals surface area contributed by atoms with Crippen LogP contribution in [-0.4, -0.2) is 78.3 Å². The minimum absolute atomic E-state index is 0.109. The molecule has 2 saturated heterocycles. The Bertz CT molecular complexity index is 588. The van der Waals surface area contributed by atoms with E-state index in [-0.39, 0.29) is 12.1 Å². The first-order valence-electron chi connectivity index (χ1n) is 8.71. The zero-order valence-electron chi connectivity index (χ0n) is 14.9. The Kier molecular flexibility index (Phi) is 5.18. The molecule has 0 saturated carbocycles. The second-order valence-corrected chi connectivity index (χ2v) is 6.66. The first-order chi connectivity index (χ1) is 11.6. The first-order valence-corrected chi connectivity index (χ1v) is 8.71. The average molecular weight is 333 g/mol. The number of rotatable bonds is 2. The monoisotopic (exact) mass is 333 g/mol. The fraction of sp³-hybridized carbons (Fsp3) is 0.706. The third-order valence-corrected chi connectivity index (χ3v) is 4.88. The molecule has 132 valence electrons. The summed E-state index contributed by atoms with van der Waals surface area (Å²) in [5.74, 6) is 0.951. The van der Waals surface area contributed by atoms with Crippen molar-refractivity contribution in [2.45, 2.75) is 32.7 Å². The van der Waals surface area contributed by atoms with Gasteiger partial charge in [0.05, 0.1) is 30.6 Å². The summed E-state index contributed by atoms with van der Waals surface area (Å²) in [5.41, 5.74) is 1.87. The average Bonchev–Trinajstić information content (AvgIpc) is 2.63. The zero-order chi connectivity index (χ0) is 17.1. The minimum atomic E-state index is 0.109. The molecule has 1 atom stereocenters. The van der Waals surface area contributed by atoms with Gasteiger partial charge < -0.3 is 19.4 Å². The summed E-state index contributed by atoms with van der Waals surface area (Å²) in [7, 11) is 1.92. The fourth-order valence-corrected chi connectivity index (χ4v) is 3.42. The summed E-state index contributed by atoms with van der Waals surface area (Å²) in [5, 5.41) is 0. The van der Waals surface area contributed by atoms with Crippen LogP contribution in [0.4, 0.5) is 10.6 Å². The Hall–Kier alpha value is -1.89. The topological polar surface area (TPSA) is 61.8 Å². The molecule has 0 aromatic carbocycles. The summed E-state index contributed by atoms with van der Waals surface area (Å²) in [6, 6.07) is 0.313. The van der Waals surface area contributed by atoms with Gasteiger partial charge in [-0.05, 0) is 26.7 Å². The maximum atomic E-state index is 12.7. The van der Waals surface area contributed by atoms with E-state index in [1.54, 1.807) is 6.20 Å². The highest BCUT2D eigenvalue weighted by Crippen LogP contribution is 2.23. The van der Waals surface area contributed by atoms with Gasteiger partial charge in [-0.3, -0.25) is 4.98 Å². The summed E-state index contributed by atoms with van der Waals surface area (Å²) in [6.45, 7) is 8.37. The molecule has 0 bridgehead atoms. The van der Waals surface area contributed by atoms with E-state index in [0.717, 1.165) is 43.1 Å². The normalized spacial score (nSPS) is 21.7. The predicted molar refractivity (Wildman–Crippen MR) is 92.3 cm³/mol. The number of aromatic nitrogens is 2. The highest BCUT2D eigenvalue weighted by Gasteiger charge is 2.30. The smallest absolute Gasteiger partial charge is 0.320 e. The van der Waals surface area contributed by atoms with Crippen molar-refractivity contribution in [3.8, 4) is 0 Å². The number of urea groups is 1. The Morgan fingerprint density at radius 2 is 2.04 bits per heavy atom. The van der Waals surface area contributed by atoms with Crippen molar-refractivity contribution >= 4 is 11.8 Å². The number of aryl methyl sites for hydroxylation is 2. The highest BCUT2D eigenvalue weighted by molar-refractivity contribution is 5.74. The van der Waals surface area contributed by atoms with Crippen LogP contribution in [-0.2, 0) is 4.74 Å². The van der Waals surface area contributed by atoms with Crippen LogP contribution >= 0.6 is 0 Å². The van der Waals surface area contributed by atoms with E-state index in [2.05, 4.69) is 14.9 Å². The summed E-state index contributed by atoms with van der Waals surface area (Å²) >= 11 is 0. The summed E-state index contributed by atoms with van der Waals surface area (Å²) in [4.78, 5) is 27.9. The second-order valence-electron chi connectivity index (χ2n) is 6.66. The van der Waals surface area contributed by atoms with Gasteiger partial charge in [0, 0.05) is 39.4 Å². The molecule has 2 aliphatic heterocycles. The Morgan fingerprint density at radius 1 is 1.29 bits per heavy atom. The SMILES string of the molecule is Cc1cnc(C)c(N2CCCC(N(C)C(=O)N3CCOCC3)C2)n1. The maximum Gasteiger partial charge on any atom is 0.320 e. The van der Waals surface area contributed by atoms with E-state index in [0.29, 0.717) is 26.3 Å². The molecule has 0 spiro atoms. The number of carbonyl (C=O) groups excluding carboxylic acids is 1. The minimum Gasteiger partial charge on any atom is -0.378 e. The molecular weight excluding hydrogens is 306 g/mol. The summed E-state index contributed by atoms with van der Waals surface area (Å²) in [6.07, 6.45) is 3.89. The standard InChI is InChI=1S/C17H27N5O2/c1-13-11-18-14(2)16(19-13)22-6-4-5-15(12-22)20(3)17(23)21-7-9-24-10-8-21/h11,15H,4-10,12H2,1-3H3. The molecule has 24 heavy (non-hydrogen) atoms. The number of amides is 2. The van der Waals surface area contributed by atoms with Crippen molar-refractivity contribution in [3.63, 3.8) is 0 Å². The van der Waals surface area contributed by atoms with Crippen molar-refractivity contribution in [1.29, 1.82) is 0 Å². The molecular formula is C17H27N5O2. The number of anilines is 1. The van der Waals surface area contributed by atoms with Gasteiger partial charge in [-0.2, -0.15) is 0 Å². The van der Waals surface area contributed by atoms with E-state index in [9.17, 15) is 4.79 Å². The molecule has 7 nitrogen and oxygen atoms in total. The molecule has 1 unspecified atom stereocenters. The number of piperidine rings is 1. The Morgan fingerprint density at radius 3 is 2.79 bits per heavy atom. The van der Waals surface area contributed by atoms with Crippen LogP contribution in [0, 0.1) is 13.8 Å². The van der Waals surface area contributed by atoms with Crippen LogP contribution in [0.25, 0.3) is 0 Å². The number of nitrogens with zero attached hydrogens (tertiary/aromatic N) is 5. The number of ether oxygens (including phenoxy) is 1. The molecule has 2 aliphatic rings. The molecule has 0 aliphatic carbocycles. The molecule has 3 heterocycles. The molecule has 0 N–H and O–H groups in total. The van der Waals surface area contributed by atoms with Gasteiger partial charge in [-0.15, -0.1) is 0 Å². The number of likely N-dealkylation sites (N-methyl/N-ethyl adjacent to an activating group) is 1. The molecule has 3 rings (SSSR count). The fourth-order valence-electron chi connectivity index (χ4n) is 3.42. The highest BCUT2D eigenvalue weighted by atomic mass is 16.5. The van der Waals surface area contributed by atoms with Gasteiger partial charge in [0.25, 0.3) is 0 Å². The second kappa shape index (κ2) is 7.34. The third kappa shape index (κ3) is 3.61. The van der Waals surface area contributed by atoms with Crippen LogP contribution in [0.15, 0.2) is 6.20 Å². The number of morpholine rings is 1. The lowest BCUT2D eigenvalue weighted by Crippen LogP contribution is -2.54. The number of carbonyl (C=O) groups is 1. The molecule has 7 heteroatoms. The Balaban J connectivity index is 1.68. The van der Waals surface area contributed by atoms with E-state index in [4.69, 9.17) is 4.74 Å². The third-order valence-electron chi connectivity index (χ3n) is 4.88. The predicted octanol–water partition coefficient (Wildman–Crippen LogP) is 1.45. The van der Waals surface area contributed by atoms with Crippen molar-refractivity contribution in [1.82, 2.24) is 19.8 Å². The number of hydrogen-bond acceptors (Lipinski definition) is 5. The van der Waals surface area contributed by atoms with Gasteiger partial charge in [-0.1, -0.05) is 0 Å². The van der Waals surface area contributed by atoms with Crippen molar-refractivity contribution in [3.05, 3.63) is 17.6 Å². The van der Waals surface area contributed by atoms with Gasteiger partial charge in [0.1, 0.15) is 5.82 Å². The zero-order valence-corrected chi connectivity index (χ0v) is 14.9. The van der Waals surface area contributed by atoms with Crippen LogP contribution in [0.3, 0.4) is 0 Å². The first kappa shape index (κ1) is 17.0. The van der Waals surface area contributed by atoms with Gasteiger partial charge in [0.15, 0.2) is 0 Å². The lowest BCUT2D eigenvalue weighted by Gasteiger charge is -2.40. The van der Waals surface area contributed by atoms with Crippen molar-refractivity contribution in [2.75, 3.05) is 51.3 Å². The quantitative estimate of drug-likeness (QED) is 0.820. The van der Waals surface area contributed by atoms with Crippen LogP contribution in [0.1, 0.15) is 24.2 Å². The number of hydrogen-bond donors (Lipinski definition) is 0. The molecule has 1 aromatic rings. The van der Waals surface area contributed by atoms with Crippen molar-refractivity contribution in [2.24, 2.45) is 0 Å². The van der Waals surface area contributed by atoms with E-state index < -0.39 is 0 Å². The van der Waals surface area contributed by atoms with Gasteiger partial charge in [0.2, 0.25) is 0 Å². The van der Waals surface area contributed by atoms with Crippen LogP contribution in [0.2, 0.25) is 0 Å². The molecule has 1 aromatic heterocycles. The van der Waals surface area contributed by atoms with Crippen molar-refractivity contribution < 1.29 is 9.53 Å². The van der Waals surface area contributed by atoms with Crippen LogP contribution in [0.5, 0.6) is 0 Å². The van der Waals surface area contributed by atoms with Crippen LogP contribution < -0.4 is 4.90 Å². The largest absolute Gasteiger partial charge is 0.378 e. The lowest BCUT2D eigenvalue weighted by atomic mass is 10.0. The van der Waals surface area contributed by atoms with Gasteiger partial charge >= 0.3 is 6.03 Å². The summed E-state index contributed by atoms with van der Waals surface area (Å²) < 4.78 is 5.34. The lowest BCUT2D eigenvalue weighted by molar-refractivity contribution is 0.0414. The molecule has 0 radical (unpaired) electrons. The van der Waals surface area contributed by atoms with E-state index in [1.165, 1.54) is 0 Å². The maximum absolute atomic E-state index is 12.7. The van der Waals surface area contributed by atoms with Gasteiger partial charge in [-0.25, -0.2) is 9.78 Å². The van der Waals surface area contributed by atoms with E-state index >= 15 is 0 Å². The molecule has 2 fully saturated rings. The molecule has 2 amide bonds. The Labute approximate surface area is 143 Å².